The summed E-state index contributed by atoms with van der Waals surface area (Å²) in [6, 6.07) is 4.64. The number of sulfonamides is 1. The minimum absolute atomic E-state index is 0.208. The van der Waals surface area contributed by atoms with Gasteiger partial charge in [-0.3, -0.25) is 4.79 Å². The van der Waals surface area contributed by atoms with Crippen molar-refractivity contribution in [2.45, 2.75) is 39.0 Å². The van der Waals surface area contributed by atoms with Crippen molar-refractivity contribution in [3.63, 3.8) is 0 Å². The number of amides is 1. The van der Waals surface area contributed by atoms with E-state index in [4.69, 9.17) is 11.6 Å². The second kappa shape index (κ2) is 6.18. The average Bonchev–Trinajstić information content (AvgIpc) is 2.42. The van der Waals surface area contributed by atoms with Crippen LogP contribution in [0.15, 0.2) is 18.2 Å². The predicted molar refractivity (Wildman–Crippen MR) is 88.8 cm³/mol. The van der Waals surface area contributed by atoms with Crippen LogP contribution in [0.1, 0.15) is 26.3 Å². The summed E-state index contributed by atoms with van der Waals surface area (Å²) in [6.07, 6.45) is 0. The fourth-order valence-corrected chi connectivity index (χ4v) is 4.27. The van der Waals surface area contributed by atoms with Crippen LogP contribution in [-0.4, -0.2) is 43.0 Å². The fourth-order valence-electron chi connectivity index (χ4n) is 2.63. The number of nitrogens with zero attached hydrogens (tertiary/aromatic N) is 2. The number of benzene rings is 1. The quantitative estimate of drug-likeness (QED) is 0.846. The highest BCUT2D eigenvalue weighted by atomic mass is 35.5. The van der Waals surface area contributed by atoms with Crippen LogP contribution < -0.4 is 4.90 Å². The average molecular weight is 345 g/mol. The molecule has 0 N–H and O–H groups in total. The Labute approximate surface area is 136 Å². The van der Waals surface area contributed by atoms with E-state index in [0.717, 1.165) is 11.3 Å². The summed E-state index contributed by atoms with van der Waals surface area (Å²) in [7, 11) is -3.44. The third-order valence-corrected chi connectivity index (χ3v) is 6.55. The van der Waals surface area contributed by atoms with E-state index in [1.807, 2.05) is 6.92 Å². The summed E-state index contributed by atoms with van der Waals surface area (Å²) < 4.78 is 26.0. The van der Waals surface area contributed by atoms with Gasteiger partial charge in [-0.15, -0.1) is 0 Å². The molecule has 0 saturated carbocycles. The van der Waals surface area contributed by atoms with Gasteiger partial charge in [0.05, 0.1) is 5.25 Å². The number of piperazine rings is 1. The molecule has 1 aliphatic rings. The van der Waals surface area contributed by atoms with E-state index in [1.54, 1.807) is 43.9 Å². The molecule has 1 heterocycles. The zero-order chi connectivity index (χ0) is 16.7. The largest absolute Gasteiger partial charge is 0.309 e. The molecule has 0 spiro atoms. The highest BCUT2D eigenvalue weighted by Crippen LogP contribution is 2.28. The first-order valence-electron chi connectivity index (χ1n) is 7.24. The normalized spacial score (nSPS) is 20.7. The van der Waals surface area contributed by atoms with Crippen LogP contribution in [0.5, 0.6) is 0 Å². The Hall–Kier alpha value is -1.11. The van der Waals surface area contributed by atoms with E-state index < -0.39 is 21.3 Å². The zero-order valence-electron chi connectivity index (χ0n) is 13.2. The van der Waals surface area contributed by atoms with E-state index in [-0.39, 0.29) is 5.91 Å². The lowest BCUT2D eigenvalue weighted by Crippen LogP contribution is -2.58. The fraction of sp³-hybridized carbons (Fsp3) is 0.533. The van der Waals surface area contributed by atoms with Gasteiger partial charge in [0.1, 0.15) is 6.04 Å². The van der Waals surface area contributed by atoms with Gasteiger partial charge in [0.15, 0.2) is 0 Å². The smallest absolute Gasteiger partial charge is 0.245 e. The van der Waals surface area contributed by atoms with E-state index in [9.17, 15) is 13.2 Å². The second-order valence-corrected chi connectivity index (χ2v) is 8.68. The van der Waals surface area contributed by atoms with Crippen molar-refractivity contribution in [1.29, 1.82) is 0 Å². The number of aryl methyl sites for hydroxylation is 1. The van der Waals surface area contributed by atoms with Crippen LogP contribution in [0, 0.1) is 6.92 Å². The lowest BCUT2D eigenvalue weighted by atomic mass is 10.1. The van der Waals surface area contributed by atoms with E-state index in [2.05, 4.69) is 0 Å². The summed E-state index contributed by atoms with van der Waals surface area (Å²) in [5.74, 6) is -0.208. The molecule has 122 valence electrons. The second-order valence-electron chi connectivity index (χ2n) is 5.80. The third-order valence-electron chi connectivity index (χ3n) is 3.97. The summed E-state index contributed by atoms with van der Waals surface area (Å²) in [5, 5.41) is 0.0781. The molecular weight excluding hydrogens is 324 g/mol. The van der Waals surface area contributed by atoms with E-state index >= 15 is 0 Å². The van der Waals surface area contributed by atoms with Crippen molar-refractivity contribution in [3.8, 4) is 0 Å². The first-order chi connectivity index (χ1) is 10.2. The van der Waals surface area contributed by atoms with Crippen LogP contribution in [0.2, 0.25) is 5.02 Å². The van der Waals surface area contributed by atoms with E-state index in [1.165, 1.54) is 4.31 Å². The van der Waals surface area contributed by atoms with Crippen LogP contribution in [0.25, 0.3) is 0 Å². The van der Waals surface area contributed by atoms with Crippen molar-refractivity contribution in [3.05, 3.63) is 28.8 Å². The highest BCUT2D eigenvalue weighted by molar-refractivity contribution is 7.89. The number of halogens is 1. The minimum atomic E-state index is -3.44. The molecule has 0 aromatic heterocycles. The minimum Gasteiger partial charge on any atom is -0.309 e. The first-order valence-corrected chi connectivity index (χ1v) is 9.12. The van der Waals surface area contributed by atoms with Gasteiger partial charge in [0.25, 0.3) is 0 Å². The Morgan fingerprint density at radius 3 is 2.45 bits per heavy atom. The summed E-state index contributed by atoms with van der Waals surface area (Å²) in [4.78, 5) is 14.3. The zero-order valence-corrected chi connectivity index (χ0v) is 14.8. The van der Waals surface area contributed by atoms with Gasteiger partial charge in [0.2, 0.25) is 15.9 Å². The van der Waals surface area contributed by atoms with Crippen LogP contribution >= 0.6 is 11.6 Å². The molecule has 0 aliphatic carbocycles. The van der Waals surface area contributed by atoms with Gasteiger partial charge in [-0.25, -0.2) is 8.42 Å². The summed E-state index contributed by atoms with van der Waals surface area (Å²) >= 11 is 5.95. The number of hydrogen-bond acceptors (Lipinski definition) is 3. The van der Waals surface area contributed by atoms with Gasteiger partial charge in [-0.1, -0.05) is 11.6 Å². The predicted octanol–water partition coefficient (Wildman–Crippen LogP) is 2.42. The Bertz CT molecular complexity index is 688. The molecule has 2 rings (SSSR count). The Balaban J connectivity index is 2.30. The van der Waals surface area contributed by atoms with Crippen molar-refractivity contribution < 1.29 is 13.2 Å². The van der Waals surface area contributed by atoms with Crippen LogP contribution in [-0.2, 0) is 14.8 Å². The number of carbonyl (C=O) groups excluding carboxylic acids is 1. The molecule has 22 heavy (non-hydrogen) atoms. The Morgan fingerprint density at radius 1 is 1.27 bits per heavy atom. The molecule has 1 aliphatic heterocycles. The maximum atomic E-state index is 12.6. The maximum Gasteiger partial charge on any atom is 0.245 e. The molecule has 1 aromatic carbocycles. The number of anilines is 1. The topological polar surface area (TPSA) is 57.7 Å². The molecule has 1 unspecified atom stereocenters. The molecule has 0 bridgehead atoms. The lowest BCUT2D eigenvalue weighted by molar-refractivity contribution is -0.123. The van der Waals surface area contributed by atoms with Crippen LogP contribution in [0.3, 0.4) is 0 Å². The Kier molecular flexibility index (Phi) is 4.84. The van der Waals surface area contributed by atoms with Gasteiger partial charge >= 0.3 is 0 Å². The van der Waals surface area contributed by atoms with Gasteiger partial charge in [-0.05, 0) is 51.5 Å². The molecule has 7 heteroatoms. The molecule has 1 aromatic rings. The first kappa shape index (κ1) is 17.2. The van der Waals surface area contributed by atoms with Crippen molar-refractivity contribution in [2.24, 2.45) is 0 Å². The molecular formula is C15H21ClN2O3S. The highest BCUT2D eigenvalue weighted by Gasteiger charge is 2.40. The third kappa shape index (κ3) is 3.00. The summed E-state index contributed by atoms with van der Waals surface area (Å²) in [5.41, 5.74) is 1.68. The molecule has 1 fully saturated rings. The Morgan fingerprint density at radius 2 is 1.91 bits per heavy atom. The van der Waals surface area contributed by atoms with Gasteiger partial charge in [-0.2, -0.15) is 4.31 Å². The number of hydrogen-bond donors (Lipinski definition) is 0. The number of carbonyl (C=O) groups is 1. The van der Waals surface area contributed by atoms with Gasteiger partial charge in [0, 0.05) is 23.8 Å². The van der Waals surface area contributed by atoms with Crippen molar-refractivity contribution in [1.82, 2.24) is 4.31 Å². The van der Waals surface area contributed by atoms with Crippen LogP contribution in [0.4, 0.5) is 5.69 Å². The molecule has 5 nitrogen and oxygen atoms in total. The molecule has 1 saturated heterocycles. The van der Waals surface area contributed by atoms with E-state index in [0.29, 0.717) is 18.1 Å². The van der Waals surface area contributed by atoms with Gasteiger partial charge < -0.3 is 4.90 Å². The van der Waals surface area contributed by atoms with Crippen molar-refractivity contribution in [2.75, 3.05) is 18.0 Å². The molecule has 0 radical (unpaired) electrons. The number of rotatable bonds is 3. The lowest BCUT2D eigenvalue weighted by Gasteiger charge is -2.39. The maximum absolute atomic E-state index is 12.6. The molecule has 1 amide bonds. The van der Waals surface area contributed by atoms with Crippen molar-refractivity contribution >= 4 is 33.2 Å². The molecule has 1 atom stereocenters. The standard InChI is InChI=1S/C15H21ClN2O3S/c1-10(2)22(20,21)18-8-7-17(15(19)12(18)4)14-6-5-13(16)9-11(14)3/h5-6,9-10,12H,7-8H2,1-4H3. The summed E-state index contributed by atoms with van der Waals surface area (Å²) in [6.45, 7) is 7.42. The SMILES string of the molecule is Cc1cc(Cl)ccc1N1CCN(S(=O)(=O)C(C)C)C(C)C1=O. The monoisotopic (exact) mass is 344 g/mol.